The molecule has 8 nitrogen and oxygen atoms in total. The summed E-state index contributed by atoms with van der Waals surface area (Å²) in [5.74, 6) is 1.61. The first-order valence-corrected chi connectivity index (χ1v) is 9.15. The quantitative estimate of drug-likeness (QED) is 0.443. The number of benzene rings is 2. The molecule has 1 aromatic heterocycles. The van der Waals surface area contributed by atoms with Gasteiger partial charge in [-0.2, -0.15) is 0 Å². The normalized spacial score (nSPS) is 10.3. The molecule has 1 amide bonds. The minimum Gasteiger partial charge on any atom is -0.484 e. The van der Waals surface area contributed by atoms with Crippen molar-refractivity contribution in [1.82, 2.24) is 15.3 Å². The fourth-order valence-electron chi connectivity index (χ4n) is 2.46. The molecule has 2 aromatic carbocycles. The third-order valence-corrected chi connectivity index (χ3v) is 3.92. The minimum absolute atomic E-state index is 0.0998. The Morgan fingerprint density at radius 1 is 0.966 bits per heavy atom. The molecular formula is C21H23N5O3. The molecular weight excluding hydrogens is 370 g/mol. The van der Waals surface area contributed by atoms with Crippen LogP contribution in [0.25, 0.3) is 0 Å². The molecule has 0 saturated carbocycles. The molecule has 3 rings (SSSR count). The third-order valence-electron chi connectivity index (χ3n) is 3.92. The van der Waals surface area contributed by atoms with E-state index in [9.17, 15) is 4.79 Å². The monoisotopic (exact) mass is 393 g/mol. The molecule has 3 aromatic rings. The van der Waals surface area contributed by atoms with Gasteiger partial charge in [0, 0.05) is 24.0 Å². The van der Waals surface area contributed by atoms with E-state index < -0.39 is 0 Å². The van der Waals surface area contributed by atoms with E-state index in [-0.39, 0.29) is 25.7 Å². The Balaban J connectivity index is 1.56. The number of carbonyl (C=O) groups excluding carboxylic acids is 1. The first-order chi connectivity index (χ1) is 14.1. The van der Waals surface area contributed by atoms with Gasteiger partial charge in [0.2, 0.25) is 0 Å². The van der Waals surface area contributed by atoms with E-state index in [0.29, 0.717) is 17.4 Å². The molecule has 29 heavy (non-hydrogen) atoms. The topological polar surface area (TPSA) is 108 Å². The Bertz CT molecular complexity index is 930. The lowest BCUT2D eigenvalue weighted by atomic mass is 10.2. The molecule has 8 heteroatoms. The van der Waals surface area contributed by atoms with E-state index in [2.05, 4.69) is 25.9 Å². The average molecular weight is 393 g/mol. The molecule has 0 atom stereocenters. The van der Waals surface area contributed by atoms with Gasteiger partial charge in [-0.15, -0.1) is 0 Å². The number of ether oxygens (including phenoxy) is 1. The van der Waals surface area contributed by atoms with Gasteiger partial charge < -0.3 is 25.8 Å². The highest BCUT2D eigenvalue weighted by Gasteiger charge is 2.04. The van der Waals surface area contributed by atoms with Crippen LogP contribution < -0.4 is 20.7 Å². The van der Waals surface area contributed by atoms with Gasteiger partial charge in [-0.1, -0.05) is 17.7 Å². The maximum atomic E-state index is 11.5. The zero-order valence-corrected chi connectivity index (χ0v) is 16.1. The van der Waals surface area contributed by atoms with Crippen molar-refractivity contribution in [3.8, 4) is 5.75 Å². The number of aryl methyl sites for hydroxylation is 1. The van der Waals surface area contributed by atoms with Crippen LogP contribution in [0.2, 0.25) is 0 Å². The maximum Gasteiger partial charge on any atom is 0.258 e. The second kappa shape index (κ2) is 10.0. The first kappa shape index (κ1) is 20.1. The average Bonchev–Trinajstić information content (AvgIpc) is 2.74. The van der Waals surface area contributed by atoms with Crippen LogP contribution in [0.15, 0.2) is 60.9 Å². The van der Waals surface area contributed by atoms with Gasteiger partial charge in [0.15, 0.2) is 6.61 Å². The summed E-state index contributed by atoms with van der Waals surface area (Å²) in [6, 6.07) is 17.0. The number of aliphatic hydroxyl groups excluding tert-OH is 1. The van der Waals surface area contributed by atoms with Crippen molar-refractivity contribution in [3.05, 3.63) is 66.5 Å². The molecule has 0 saturated heterocycles. The van der Waals surface area contributed by atoms with Crippen LogP contribution in [0, 0.1) is 6.92 Å². The number of carbonyl (C=O) groups is 1. The highest BCUT2D eigenvalue weighted by atomic mass is 16.5. The molecule has 0 bridgehead atoms. The molecule has 0 aliphatic heterocycles. The molecule has 1 heterocycles. The molecule has 0 aliphatic rings. The largest absolute Gasteiger partial charge is 0.484 e. The summed E-state index contributed by atoms with van der Waals surface area (Å²) >= 11 is 0. The first-order valence-electron chi connectivity index (χ1n) is 9.15. The van der Waals surface area contributed by atoms with Crippen molar-refractivity contribution < 1.29 is 14.6 Å². The van der Waals surface area contributed by atoms with Crippen molar-refractivity contribution in [1.29, 1.82) is 0 Å². The molecule has 0 radical (unpaired) electrons. The Kier molecular flexibility index (Phi) is 6.96. The van der Waals surface area contributed by atoms with Gasteiger partial charge in [0.25, 0.3) is 5.91 Å². The standard InChI is InChI=1S/C21H23N5O3/c1-15-2-4-16(5-3-15)25-19-12-20(24-14-23-19)26-17-6-8-18(9-7-17)29-13-21(28)22-10-11-27/h2-9,12,14,27H,10-11,13H2,1H3,(H,22,28)(H2,23,24,25,26). The molecule has 0 unspecified atom stereocenters. The van der Waals surface area contributed by atoms with Crippen LogP contribution >= 0.6 is 0 Å². The minimum atomic E-state index is -0.282. The summed E-state index contributed by atoms with van der Waals surface area (Å²) < 4.78 is 5.41. The van der Waals surface area contributed by atoms with Gasteiger partial charge in [-0.25, -0.2) is 9.97 Å². The van der Waals surface area contributed by atoms with Gasteiger partial charge in [-0.3, -0.25) is 4.79 Å². The van der Waals surface area contributed by atoms with E-state index in [0.717, 1.165) is 11.4 Å². The summed E-state index contributed by atoms with van der Waals surface area (Å²) in [6.07, 6.45) is 1.49. The lowest BCUT2D eigenvalue weighted by molar-refractivity contribution is -0.123. The molecule has 0 spiro atoms. The molecule has 0 fully saturated rings. The zero-order valence-electron chi connectivity index (χ0n) is 16.1. The lowest BCUT2D eigenvalue weighted by Gasteiger charge is -2.10. The van der Waals surface area contributed by atoms with E-state index in [1.165, 1.54) is 11.9 Å². The molecule has 0 aliphatic carbocycles. The van der Waals surface area contributed by atoms with Crippen molar-refractivity contribution >= 4 is 28.9 Å². The van der Waals surface area contributed by atoms with Crippen molar-refractivity contribution in [2.45, 2.75) is 6.92 Å². The number of amides is 1. The second-order valence-electron chi connectivity index (χ2n) is 6.29. The number of nitrogens with one attached hydrogen (secondary N) is 3. The Labute approximate surface area is 169 Å². The smallest absolute Gasteiger partial charge is 0.258 e. The van der Waals surface area contributed by atoms with E-state index in [1.54, 1.807) is 12.1 Å². The third kappa shape index (κ3) is 6.47. The van der Waals surface area contributed by atoms with Gasteiger partial charge in [-0.05, 0) is 43.3 Å². The highest BCUT2D eigenvalue weighted by Crippen LogP contribution is 2.21. The maximum absolute atomic E-state index is 11.5. The lowest BCUT2D eigenvalue weighted by Crippen LogP contribution is -2.31. The SMILES string of the molecule is Cc1ccc(Nc2cc(Nc3ccc(OCC(=O)NCCO)cc3)ncn2)cc1. The van der Waals surface area contributed by atoms with Crippen molar-refractivity contribution in [2.75, 3.05) is 30.4 Å². The van der Waals surface area contributed by atoms with Crippen LogP contribution in [0.3, 0.4) is 0 Å². The zero-order chi connectivity index (χ0) is 20.5. The van der Waals surface area contributed by atoms with Crippen molar-refractivity contribution in [2.24, 2.45) is 0 Å². The summed E-state index contributed by atoms with van der Waals surface area (Å²) in [5.41, 5.74) is 2.96. The van der Waals surface area contributed by atoms with Crippen molar-refractivity contribution in [3.63, 3.8) is 0 Å². The number of anilines is 4. The summed E-state index contributed by atoms with van der Waals surface area (Å²) in [7, 11) is 0. The van der Waals surface area contributed by atoms with E-state index >= 15 is 0 Å². The van der Waals surface area contributed by atoms with Crippen LogP contribution in [-0.2, 0) is 4.79 Å². The van der Waals surface area contributed by atoms with Crippen LogP contribution in [0.4, 0.5) is 23.0 Å². The van der Waals surface area contributed by atoms with E-state index in [1.807, 2.05) is 49.4 Å². The Morgan fingerprint density at radius 3 is 2.14 bits per heavy atom. The number of hydrogen-bond donors (Lipinski definition) is 4. The number of hydrogen-bond acceptors (Lipinski definition) is 7. The highest BCUT2D eigenvalue weighted by molar-refractivity contribution is 5.77. The predicted molar refractivity (Wildman–Crippen MR) is 112 cm³/mol. The fourth-order valence-corrected chi connectivity index (χ4v) is 2.46. The summed E-state index contributed by atoms with van der Waals surface area (Å²) in [4.78, 5) is 20.0. The fraction of sp³-hybridized carbons (Fsp3) is 0.190. The van der Waals surface area contributed by atoms with Gasteiger partial charge >= 0.3 is 0 Å². The second-order valence-corrected chi connectivity index (χ2v) is 6.29. The predicted octanol–water partition coefficient (Wildman–Crippen LogP) is 2.76. The van der Waals surface area contributed by atoms with Crippen LogP contribution in [-0.4, -0.2) is 40.7 Å². The number of nitrogens with zero attached hydrogens (tertiary/aromatic N) is 2. The van der Waals surface area contributed by atoms with Gasteiger partial charge in [0.1, 0.15) is 23.7 Å². The Morgan fingerprint density at radius 2 is 1.55 bits per heavy atom. The summed E-state index contributed by atoms with van der Waals surface area (Å²) in [5, 5.41) is 17.7. The van der Waals surface area contributed by atoms with E-state index in [4.69, 9.17) is 9.84 Å². The Hall–Kier alpha value is -3.65. The summed E-state index contributed by atoms with van der Waals surface area (Å²) in [6.45, 7) is 2.05. The van der Waals surface area contributed by atoms with Crippen LogP contribution in [0.1, 0.15) is 5.56 Å². The van der Waals surface area contributed by atoms with Gasteiger partial charge in [0.05, 0.1) is 6.61 Å². The number of rotatable bonds is 9. The number of aliphatic hydroxyl groups is 1. The number of aromatic nitrogens is 2. The molecule has 150 valence electrons. The van der Waals surface area contributed by atoms with Crippen LogP contribution in [0.5, 0.6) is 5.75 Å². The molecule has 4 N–H and O–H groups in total.